The van der Waals surface area contributed by atoms with Crippen molar-refractivity contribution in [3.05, 3.63) is 11.9 Å². The molecule has 0 saturated carbocycles. The van der Waals surface area contributed by atoms with Gasteiger partial charge in [0.2, 0.25) is 0 Å². The molecule has 0 aromatic rings. The molecular weight excluding hydrogens is 136 g/mol. The summed E-state index contributed by atoms with van der Waals surface area (Å²) >= 11 is 0. The second kappa shape index (κ2) is 3.65. The summed E-state index contributed by atoms with van der Waals surface area (Å²) in [4.78, 5) is 2.12. The summed E-state index contributed by atoms with van der Waals surface area (Å²) in [6.07, 6.45) is 1.96. The third-order valence-electron chi connectivity index (χ3n) is 1.15. The first-order chi connectivity index (χ1) is 4.81. The molecule has 0 atom stereocenters. The fraction of sp³-hybridized carbons (Fsp3) is 0.778. The molecule has 2 nitrogen and oxygen atoms in total. The van der Waals surface area contributed by atoms with Gasteiger partial charge in [0.1, 0.15) is 0 Å². The number of nitrogens with zero attached hydrogens (tertiary/aromatic N) is 1. The Morgan fingerprint density at radius 1 is 1.45 bits per heavy atom. The lowest BCUT2D eigenvalue weighted by Crippen LogP contribution is -2.25. The minimum Gasteiger partial charge on any atom is -0.401 e. The van der Waals surface area contributed by atoms with E-state index >= 15 is 0 Å². The van der Waals surface area contributed by atoms with Crippen LogP contribution in [-0.4, -0.2) is 18.5 Å². The fourth-order valence-electron chi connectivity index (χ4n) is 1.14. The van der Waals surface area contributed by atoms with Crippen LogP contribution in [0.2, 0.25) is 0 Å². The van der Waals surface area contributed by atoms with Gasteiger partial charge in [-0.2, -0.15) is 0 Å². The maximum absolute atomic E-state index is 5.53. The zero-order valence-electron chi connectivity index (χ0n) is 8.31. The van der Waals surface area contributed by atoms with Gasteiger partial charge >= 0.3 is 0 Å². The van der Waals surface area contributed by atoms with E-state index in [0.717, 1.165) is 12.2 Å². The van der Waals surface area contributed by atoms with Gasteiger partial charge in [-0.05, 0) is 12.3 Å². The molecule has 0 unspecified atom stereocenters. The van der Waals surface area contributed by atoms with Crippen molar-refractivity contribution in [1.82, 2.24) is 4.90 Å². The molecule has 0 amide bonds. The van der Waals surface area contributed by atoms with Gasteiger partial charge in [-0.25, -0.2) is 0 Å². The molecule has 2 heteroatoms. The Hall–Kier alpha value is -0.660. The van der Waals surface area contributed by atoms with Crippen molar-refractivity contribution in [3.63, 3.8) is 0 Å². The largest absolute Gasteiger partial charge is 0.401 e. The predicted molar refractivity (Wildman–Crippen MR) is 50.0 cm³/mol. The SMILES string of the molecule is C/C(N)=C/N(C)CC(C)(C)C. The lowest BCUT2D eigenvalue weighted by Gasteiger charge is -2.25. The van der Waals surface area contributed by atoms with Crippen LogP contribution in [-0.2, 0) is 0 Å². The van der Waals surface area contributed by atoms with E-state index in [1.807, 2.05) is 20.2 Å². The quantitative estimate of drug-likeness (QED) is 0.660. The molecule has 0 aliphatic carbocycles. The topological polar surface area (TPSA) is 29.3 Å². The molecule has 0 aromatic carbocycles. The van der Waals surface area contributed by atoms with Crippen LogP contribution in [0, 0.1) is 5.41 Å². The van der Waals surface area contributed by atoms with Crippen molar-refractivity contribution in [2.75, 3.05) is 13.6 Å². The van der Waals surface area contributed by atoms with Gasteiger partial charge in [0.25, 0.3) is 0 Å². The zero-order chi connectivity index (χ0) is 9.07. The van der Waals surface area contributed by atoms with Gasteiger partial charge in [-0.15, -0.1) is 0 Å². The van der Waals surface area contributed by atoms with Gasteiger partial charge in [-0.3, -0.25) is 0 Å². The molecule has 0 fully saturated rings. The van der Waals surface area contributed by atoms with Gasteiger partial charge in [0.15, 0.2) is 0 Å². The first-order valence-corrected chi connectivity index (χ1v) is 3.95. The Labute approximate surface area is 70.1 Å². The molecule has 0 saturated heterocycles. The zero-order valence-corrected chi connectivity index (χ0v) is 8.31. The number of hydrogen-bond donors (Lipinski definition) is 1. The molecule has 66 valence electrons. The molecule has 0 radical (unpaired) electrons. The molecule has 0 bridgehead atoms. The van der Waals surface area contributed by atoms with Crippen LogP contribution in [0.15, 0.2) is 11.9 Å². The molecular formula is C9H20N2. The highest BCUT2D eigenvalue weighted by Crippen LogP contribution is 2.14. The molecule has 0 aliphatic heterocycles. The van der Waals surface area contributed by atoms with Crippen molar-refractivity contribution in [3.8, 4) is 0 Å². The van der Waals surface area contributed by atoms with Crippen LogP contribution in [0.5, 0.6) is 0 Å². The van der Waals surface area contributed by atoms with Crippen molar-refractivity contribution < 1.29 is 0 Å². The summed E-state index contributed by atoms with van der Waals surface area (Å²) in [5, 5.41) is 0. The number of allylic oxidation sites excluding steroid dienone is 1. The lowest BCUT2D eigenvalue weighted by atomic mass is 9.96. The molecule has 11 heavy (non-hydrogen) atoms. The second-order valence-corrected chi connectivity index (χ2v) is 4.35. The van der Waals surface area contributed by atoms with Crippen molar-refractivity contribution >= 4 is 0 Å². The van der Waals surface area contributed by atoms with Crippen LogP contribution in [0.4, 0.5) is 0 Å². The monoisotopic (exact) mass is 156 g/mol. The van der Waals surface area contributed by atoms with Crippen molar-refractivity contribution in [2.24, 2.45) is 11.1 Å². The van der Waals surface area contributed by atoms with E-state index in [2.05, 4.69) is 25.7 Å². The molecule has 0 spiro atoms. The number of hydrogen-bond acceptors (Lipinski definition) is 2. The Morgan fingerprint density at radius 3 is 2.18 bits per heavy atom. The Balaban J connectivity index is 3.89. The second-order valence-electron chi connectivity index (χ2n) is 4.35. The van der Waals surface area contributed by atoms with E-state index in [1.165, 1.54) is 0 Å². The highest BCUT2D eigenvalue weighted by atomic mass is 15.1. The normalized spacial score (nSPS) is 13.4. The minimum absolute atomic E-state index is 0.334. The minimum atomic E-state index is 0.334. The third-order valence-corrected chi connectivity index (χ3v) is 1.15. The van der Waals surface area contributed by atoms with Crippen LogP contribution in [0.25, 0.3) is 0 Å². The lowest BCUT2D eigenvalue weighted by molar-refractivity contribution is 0.284. The summed E-state index contributed by atoms with van der Waals surface area (Å²) in [5.74, 6) is 0. The fourth-order valence-corrected chi connectivity index (χ4v) is 1.14. The van der Waals surface area contributed by atoms with Crippen LogP contribution >= 0.6 is 0 Å². The van der Waals surface area contributed by atoms with Gasteiger partial charge in [0.05, 0.1) is 0 Å². The van der Waals surface area contributed by atoms with Gasteiger partial charge in [0, 0.05) is 25.5 Å². The third kappa shape index (κ3) is 7.23. The smallest absolute Gasteiger partial charge is 0.0218 e. The van der Waals surface area contributed by atoms with E-state index in [1.54, 1.807) is 0 Å². The number of nitrogens with two attached hydrogens (primary N) is 1. The molecule has 2 N–H and O–H groups in total. The average molecular weight is 156 g/mol. The average Bonchev–Trinajstić information content (AvgIpc) is 1.53. The van der Waals surface area contributed by atoms with E-state index in [0.29, 0.717) is 5.41 Å². The highest BCUT2D eigenvalue weighted by molar-refractivity contribution is 4.91. The Kier molecular flexibility index (Phi) is 3.43. The van der Waals surface area contributed by atoms with E-state index < -0.39 is 0 Å². The van der Waals surface area contributed by atoms with E-state index in [9.17, 15) is 0 Å². The molecule has 0 aliphatic rings. The summed E-state index contributed by atoms with van der Waals surface area (Å²) in [5.41, 5.74) is 6.72. The first kappa shape index (κ1) is 10.3. The van der Waals surface area contributed by atoms with Crippen molar-refractivity contribution in [1.29, 1.82) is 0 Å². The maximum atomic E-state index is 5.53. The Bertz CT molecular complexity index is 138. The van der Waals surface area contributed by atoms with Crippen LogP contribution in [0.3, 0.4) is 0 Å². The number of rotatable bonds is 2. The standard InChI is InChI=1S/C9H20N2/c1-8(10)6-11(5)7-9(2,3)4/h6H,7,10H2,1-5H3/b8-6-. The highest BCUT2D eigenvalue weighted by Gasteiger charge is 2.11. The summed E-state index contributed by atoms with van der Waals surface area (Å²) in [7, 11) is 2.04. The first-order valence-electron chi connectivity index (χ1n) is 3.95. The van der Waals surface area contributed by atoms with Crippen molar-refractivity contribution in [2.45, 2.75) is 27.7 Å². The Morgan fingerprint density at radius 2 is 1.91 bits per heavy atom. The van der Waals surface area contributed by atoms with Crippen LogP contribution < -0.4 is 5.73 Å². The summed E-state index contributed by atoms with van der Waals surface area (Å²) in [6, 6.07) is 0. The van der Waals surface area contributed by atoms with Gasteiger partial charge in [-0.1, -0.05) is 20.8 Å². The molecule has 0 rings (SSSR count). The van der Waals surface area contributed by atoms with Crippen LogP contribution in [0.1, 0.15) is 27.7 Å². The van der Waals surface area contributed by atoms with E-state index in [4.69, 9.17) is 5.73 Å². The maximum Gasteiger partial charge on any atom is 0.0218 e. The predicted octanol–water partition coefficient (Wildman–Crippen LogP) is 1.78. The molecule has 0 heterocycles. The summed E-state index contributed by atoms with van der Waals surface area (Å²) < 4.78 is 0. The summed E-state index contributed by atoms with van der Waals surface area (Å²) in [6.45, 7) is 9.57. The molecule has 0 aromatic heterocycles. The van der Waals surface area contributed by atoms with Gasteiger partial charge < -0.3 is 10.6 Å². The van der Waals surface area contributed by atoms with E-state index in [-0.39, 0.29) is 0 Å².